The molecule has 0 fully saturated rings. The van der Waals surface area contributed by atoms with E-state index in [4.69, 9.17) is 0 Å². The quantitative estimate of drug-likeness (QED) is 0.807. The van der Waals surface area contributed by atoms with E-state index in [9.17, 15) is 9.59 Å². The number of benzene rings is 1. The van der Waals surface area contributed by atoms with E-state index in [0.29, 0.717) is 12.2 Å². The third kappa shape index (κ3) is 3.05. The van der Waals surface area contributed by atoms with Gasteiger partial charge in [-0.3, -0.25) is 4.98 Å². The van der Waals surface area contributed by atoms with Crippen molar-refractivity contribution in [3.63, 3.8) is 0 Å². The molecule has 19 heavy (non-hydrogen) atoms. The largest absolute Gasteiger partial charge is 0.349 e. The fourth-order valence-corrected chi connectivity index (χ4v) is 2.13. The zero-order valence-electron chi connectivity index (χ0n) is 11.1. The maximum absolute atomic E-state index is 11.8. The minimum atomic E-state index is -0.383. The third-order valence-electron chi connectivity index (χ3n) is 3.11. The summed E-state index contributed by atoms with van der Waals surface area (Å²) in [4.78, 5) is 26.0. The van der Waals surface area contributed by atoms with Gasteiger partial charge in [0, 0.05) is 6.54 Å². The van der Waals surface area contributed by atoms with Crippen LogP contribution in [0, 0.1) is 0 Å². The summed E-state index contributed by atoms with van der Waals surface area (Å²) in [6, 6.07) is 9.21. The van der Waals surface area contributed by atoms with E-state index in [2.05, 4.69) is 11.9 Å². The summed E-state index contributed by atoms with van der Waals surface area (Å²) in [5.74, 6) is 0. The second kappa shape index (κ2) is 6.22. The summed E-state index contributed by atoms with van der Waals surface area (Å²) < 4.78 is 2.89. The predicted molar refractivity (Wildman–Crippen MR) is 74.8 cm³/mol. The lowest BCUT2D eigenvalue weighted by Crippen LogP contribution is -2.25. The molecule has 1 aromatic carbocycles. The normalized spacial score (nSPS) is 10.8. The molecule has 0 spiro atoms. The van der Waals surface area contributed by atoms with Crippen LogP contribution >= 0.6 is 0 Å². The van der Waals surface area contributed by atoms with E-state index >= 15 is 0 Å². The van der Waals surface area contributed by atoms with Gasteiger partial charge in [-0.1, -0.05) is 44.4 Å². The van der Waals surface area contributed by atoms with Gasteiger partial charge >= 0.3 is 11.4 Å². The van der Waals surface area contributed by atoms with Gasteiger partial charge in [0.1, 0.15) is 0 Å². The molecule has 1 heterocycles. The Morgan fingerprint density at radius 2 is 1.74 bits per heavy atom. The molecule has 0 bridgehead atoms. The molecule has 0 atom stereocenters. The molecule has 1 aromatic heterocycles. The van der Waals surface area contributed by atoms with Crippen molar-refractivity contribution >= 4 is 0 Å². The number of para-hydroxylation sites is 1. The zero-order valence-corrected chi connectivity index (χ0v) is 11.1. The molecule has 0 aliphatic carbocycles. The molecular weight excluding hydrogens is 242 g/mol. The van der Waals surface area contributed by atoms with Crippen molar-refractivity contribution in [2.45, 2.75) is 39.2 Å². The Hall–Kier alpha value is -2.04. The summed E-state index contributed by atoms with van der Waals surface area (Å²) in [5.41, 5.74) is -0.0154. The van der Waals surface area contributed by atoms with Gasteiger partial charge in [0.15, 0.2) is 0 Å². The number of hydrogen-bond acceptors (Lipinski definition) is 2. The van der Waals surface area contributed by atoms with Crippen LogP contribution in [0.15, 0.2) is 39.9 Å². The second-order valence-electron chi connectivity index (χ2n) is 4.57. The summed E-state index contributed by atoms with van der Waals surface area (Å²) in [6.07, 6.45) is 4.26. The molecule has 0 unspecified atom stereocenters. The van der Waals surface area contributed by atoms with Crippen LogP contribution in [0.2, 0.25) is 0 Å². The van der Waals surface area contributed by atoms with Crippen LogP contribution in [0.25, 0.3) is 5.69 Å². The smallest absolute Gasteiger partial charge is 0.256 e. The van der Waals surface area contributed by atoms with Crippen LogP contribution in [0.4, 0.5) is 0 Å². The Bertz CT molecular complexity index is 622. The minimum Gasteiger partial charge on any atom is -0.256 e. The summed E-state index contributed by atoms with van der Waals surface area (Å²) in [5, 5.41) is 0. The van der Waals surface area contributed by atoms with Crippen LogP contribution in [0.5, 0.6) is 0 Å². The van der Waals surface area contributed by atoms with Gasteiger partial charge in [0.05, 0.1) is 5.69 Å². The van der Waals surface area contributed by atoms with E-state index in [1.54, 1.807) is 0 Å². The molecule has 0 aliphatic rings. The molecular formula is C14H19N3O2. The highest BCUT2D eigenvalue weighted by Gasteiger charge is 2.09. The zero-order chi connectivity index (χ0) is 13.7. The molecule has 102 valence electrons. The highest BCUT2D eigenvalue weighted by atomic mass is 16.2. The molecule has 0 amide bonds. The Morgan fingerprint density at radius 1 is 1.00 bits per heavy atom. The second-order valence-corrected chi connectivity index (χ2v) is 4.57. The maximum Gasteiger partial charge on any atom is 0.349 e. The highest BCUT2D eigenvalue weighted by molar-refractivity contribution is 5.29. The topological polar surface area (TPSA) is 59.8 Å². The molecule has 1 N–H and O–H groups in total. The number of hydrogen-bond donors (Lipinski definition) is 1. The van der Waals surface area contributed by atoms with Gasteiger partial charge in [-0.2, -0.15) is 4.68 Å². The van der Waals surface area contributed by atoms with Crippen molar-refractivity contribution in [1.82, 2.24) is 14.3 Å². The number of rotatable bonds is 6. The lowest BCUT2D eigenvalue weighted by atomic mass is 10.2. The van der Waals surface area contributed by atoms with Crippen molar-refractivity contribution in [2.24, 2.45) is 0 Å². The van der Waals surface area contributed by atoms with Gasteiger partial charge in [-0.05, 0) is 18.6 Å². The average Bonchev–Trinajstić information content (AvgIpc) is 2.70. The molecule has 2 aromatic rings. The van der Waals surface area contributed by atoms with Crippen LogP contribution in [0.3, 0.4) is 0 Å². The number of aromatic nitrogens is 3. The van der Waals surface area contributed by atoms with Crippen LogP contribution in [-0.2, 0) is 6.54 Å². The standard InChI is InChI=1S/C14H19N3O2/c1-2-3-4-8-11-16-13(18)15-14(19)17(16)12-9-6-5-7-10-12/h5-7,9-10H,2-4,8,11H2,1H3,(H,15,18,19). The van der Waals surface area contributed by atoms with E-state index < -0.39 is 0 Å². The SMILES string of the molecule is CCCCCCn1c(=O)[nH]c(=O)n1-c1ccccc1. The lowest BCUT2D eigenvalue weighted by Gasteiger charge is -2.09. The Labute approximate surface area is 111 Å². The molecule has 0 saturated carbocycles. The highest BCUT2D eigenvalue weighted by Crippen LogP contribution is 2.04. The molecule has 5 heteroatoms. The molecule has 0 radical (unpaired) electrons. The van der Waals surface area contributed by atoms with E-state index in [-0.39, 0.29) is 11.4 Å². The first-order valence-electron chi connectivity index (χ1n) is 6.71. The maximum atomic E-state index is 11.8. The van der Waals surface area contributed by atoms with Crippen molar-refractivity contribution in [2.75, 3.05) is 0 Å². The summed E-state index contributed by atoms with van der Waals surface area (Å²) in [6.45, 7) is 2.70. The first-order valence-corrected chi connectivity index (χ1v) is 6.71. The summed E-state index contributed by atoms with van der Waals surface area (Å²) in [7, 11) is 0. The van der Waals surface area contributed by atoms with Gasteiger partial charge in [0.25, 0.3) is 0 Å². The van der Waals surface area contributed by atoms with E-state index in [1.165, 1.54) is 9.36 Å². The molecule has 2 rings (SSSR count). The predicted octanol–water partition coefficient (Wildman–Crippen LogP) is 1.91. The van der Waals surface area contributed by atoms with Gasteiger partial charge in [-0.25, -0.2) is 14.3 Å². The molecule has 0 saturated heterocycles. The Balaban J connectivity index is 2.28. The number of nitrogens with zero attached hydrogens (tertiary/aromatic N) is 2. The number of H-pyrrole nitrogens is 1. The average molecular weight is 261 g/mol. The lowest BCUT2D eigenvalue weighted by molar-refractivity contribution is 0.486. The fourth-order valence-electron chi connectivity index (χ4n) is 2.13. The van der Waals surface area contributed by atoms with Gasteiger partial charge in [-0.15, -0.1) is 0 Å². The first-order chi connectivity index (χ1) is 9.24. The molecule has 5 nitrogen and oxygen atoms in total. The van der Waals surface area contributed by atoms with Crippen molar-refractivity contribution in [3.05, 3.63) is 51.3 Å². The van der Waals surface area contributed by atoms with Crippen molar-refractivity contribution in [3.8, 4) is 5.69 Å². The summed E-state index contributed by atoms with van der Waals surface area (Å²) >= 11 is 0. The van der Waals surface area contributed by atoms with E-state index in [1.807, 2.05) is 30.3 Å². The Morgan fingerprint density at radius 3 is 2.42 bits per heavy atom. The minimum absolute atomic E-state index is 0.342. The van der Waals surface area contributed by atoms with Crippen molar-refractivity contribution < 1.29 is 0 Å². The fraction of sp³-hybridized carbons (Fsp3) is 0.429. The van der Waals surface area contributed by atoms with Crippen LogP contribution in [-0.4, -0.2) is 14.3 Å². The molecule has 0 aliphatic heterocycles. The number of unbranched alkanes of at least 4 members (excludes halogenated alkanes) is 3. The van der Waals surface area contributed by atoms with Crippen LogP contribution < -0.4 is 11.4 Å². The van der Waals surface area contributed by atoms with Gasteiger partial charge in [0.2, 0.25) is 0 Å². The van der Waals surface area contributed by atoms with Crippen molar-refractivity contribution in [1.29, 1.82) is 0 Å². The van der Waals surface area contributed by atoms with Crippen LogP contribution in [0.1, 0.15) is 32.6 Å². The first kappa shape index (κ1) is 13.4. The number of aromatic amines is 1. The monoisotopic (exact) mass is 261 g/mol. The van der Waals surface area contributed by atoms with Gasteiger partial charge < -0.3 is 0 Å². The van der Waals surface area contributed by atoms with E-state index in [0.717, 1.165) is 25.7 Å². The number of nitrogens with one attached hydrogen (secondary N) is 1. The third-order valence-corrected chi connectivity index (χ3v) is 3.11. The Kier molecular flexibility index (Phi) is 4.39.